The van der Waals surface area contributed by atoms with E-state index in [4.69, 9.17) is 10.5 Å². The molecule has 6 heterocycles. The Morgan fingerprint density at radius 1 is 1.12 bits per heavy atom. The third-order valence-electron chi connectivity index (χ3n) is 8.58. The lowest BCUT2D eigenvalue weighted by Crippen LogP contribution is -2.59. The Labute approximate surface area is 232 Å². The van der Waals surface area contributed by atoms with Gasteiger partial charge in [-0.1, -0.05) is 0 Å². The maximum atomic E-state index is 13.4. The van der Waals surface area contributed by atoms with Gasteiger partial charge in [0, 0.05) is 48.6 Å². The molecule has 11 nitrogen and oxygen atoms in total. The fourth-order valence-corrected chi connectivity index (χ4v) is 7.89. The average Bonchev–Trinajstić information content (AvgIpc) is 3.69. The highest BCUT2D eigenvalue weighted by atomic mass is 32.1. The molecule has 7 rings (SSSR count). The molecular weight excluding hydrogens is 538 g/mol. The third kappa shape index (κ3) is 3.85. The normalized spacial score (nSPS) is 22.3. The van der Waals surface area contributed by atoms with E-state index < -0.39 is 6.43 Å². The number of H-pyrrole nitrogens is 1. The molecular formula is C26H26F2N10OS. The minimum Gasteiger partial charge on any atom is -0.457 e. The molecule has 2 bridgehead atoms. The molecule has 206 valence electrons. The van der Waals surface area contributed by atoms with Gasteiger partial charge in [-0.15, -0.1) is 11.3 Å². The molecule has 0 radical (unpaired) electrons. The molecule has 0 aromatic carbocycles. The Bertz CT molecular complexity index is 1550. The van der Waals surface area contributed by atoms with Gasteiger partial charge in [-0.2, -0.15) is 25.6 Å². The number of piperazine rings is 1. The molecule has 40 heavy (non-hydrogen) atoms. The Kier molecular flexibility index (Phi) is 5.80. The number of hydrogen-bond acceptors (Lipinski definition) is 11. The van der Waals surface area contributed by atoms with Crippen molar-refractivity contribution >= 4 is 28.0 Å². The highest BCUT2D eigenvalue weighted by Crippen LogP contribution is 2.53. The standard InChI is InChI=1S/C26H26F2N10OS/c27-21(28)17-7-32-36-18(17)10-39-25-34-23(37-8-13-1-2-14(9-37)33-13)16(6-30)24(35-25)38-11-26(12-38)4-3-19-20(26)15(5-29)22(31)40-19/h7,13-14,21,33H,1-4,8-12,31H2,(H,32,36)/t13-,14+. The Balaban J connectivity index is 1.23. The summed E-state index contributed by atoms with van der Waals surface area (Å²) in [5, 5.41) is 30.5. The molecule has 0 amide bonds. The van der Waals surface area contributed by atoms with Crippen LogP contribution in [0, 0.1) is 22.7 Å². The lowest BCUT2D eigenvalue weighted by Gasteiger charge is -2.49. The van der Waals surface area contributed by atoms with Crippen molar-refractivity contribution in [2.45, 2.75) is 56.2 Å². The van der Waals surface area contributed by atoms with Crippen molar-refractivity contribution in [3.63, 3.8) is 0 Å². The molecule has 1 spiro atoms. The monoisotopic (exact) mass is 564 g/mol. The molecule has 0 saturated carbocycles. The van der Waals surface area contributed by atoms with Gasteiger partial charge in [0.15, 0.2) is 11.6 Å². The van der Waals surface area contributed by atoms with Crippen LogP contribution in [0.1, 0.15) is 58.5 Å². The number of anilines is 3. The van der Waals surface area contributed by atoms with Crippen molar-refractivity contribution in [3.8, 4) is 18.1 Å². The van der Waals surface area contributed by atoms with Crippen LogP contribution in [0.3, 0.4) is 0 Å². The summed E-state index contributed by atoms with van der Waals surface area (Å²) >= 11 is 1.49. The van der Waals surface area contributed by atoms with E-state index in [1.807, 2.05) is 4.90 Å². The second-order valence-corrected chi connectivity index (χ2v) is 12.1. The average molecular weight is 565 g/mol. The zero-order valence-corrected chi connectivity index (χ0v) is 22.3. The first kappa shape index (κ1) is 25.0. The summed E-state index contributed by atoms with van der Waals surface area (Å²) in [4.78, 5) is 14.5. The van der Waals surface area contributed by atoms with Crippen LogP contribution in [0.5, 0.6) is 6.01 Å². The first-order valence-electron chi connectivity index (χ1n) is 13.2. The lowest BCUT2D eigenvalue weighted by atomic mass is 9.74. The van der Waals surface area contributed by atoms with E-state index in [-0.39, 0.29) is 29.3 Å². The van der Waals surface area contributed by atoms with Crippen molar-refractivity contribution in [2.75, 3.05) is 41.7 Å². The number of rotatable bonds is 6. The minimum atomic E-state index is -2.69. The topological polar surface area (TPSA) is 156 Å². The number of fused-ring (bicyclic) bond motifs is 4. The molecule has 3 aromatic heterocycles. The molecule has 0 unspecified atom stereocenters. The molecule has 3 fully saturated rings. The number of nitrogen functional groups attached to an aromatic ring is 1. The number of alkyl halides is 2. The van der Waals surface area contributed by atoms with Gasteiger partial charge in [0.05, 0.1) is 23.0 Å². The number of halogens is 2. The van der Waals surface area contributed by atoms with E-state index >= 15 is 0 Å². The molecule has 2 atom stereocenters. The summed E-state index contributed by atoms with van der Waals surface area (Å²) in [5.74, 6) is 0.943. The van der Waals surface area contributed by atoms with Crippen LogP contribution < -0.4 is 25.6 Å². The number of ether oxygens (including phenoxy) is 1. The van der Waals surface area contributed by atoms with Crippen LogP contribution in [0.4, 0.5) is 25.4 Å². The zero-order valence-electron chi connectivity index (χ0n) is 21.5. The van der Waals surface area contributed by atoms with Gasteiger partial charge < -0.3 is 25.6 Å². The fraction of sp³-hybridized carbons (Fsp3) is 0.500. The number of nitrogens with two attached hydrogens (primary N) is 1. The molecule has 3 aliphatic heterocycles. The quantitative estimate of drug-likeness (QED) is 0.407. The molecule has 4 aliphatic rings. The van der Waals surface area contributed by atoms with Crippen molar-refractivity contribution in [1.29, 1.82) is 10.5 Å². The highest BCUT2D eigenvalue weighted by Gasteiger charge is 2.52. The summed E-state index contributed by atoms with van der Waals surface area (Å²) in [7, 11) is 0. The summed E-state index contributed by atoms with van der Waals surface area (Å²) in [6.07, 6.45) is 2.28. The van der Waals surface area contributed by atoms with E-state index in [0.29, 0.717) is 66.0 Å². The van der Waals surface area contributed by atoms with E-state index in [1.165, 1.54) is 11.3 Å². The number of nitrogens with one attached hydrogen (secondary N) is 2. The van der Waals surface area contributed by atoms with Crippen molar-refractivity contribution in [2.24, 2.45) is 0 Å². The highest BCUT2D eigenvalue weighted by molar-refractivity contribution is 7.16. The molecule has 4 N–H and O–H groups in total. The second-order valence-electron chi connectivity index (χ2n) is 11.0. The van der Waals surface area contributed by atoms with Crippen LogP contribution in [0.15, 0.2) is 6.20 Å². The van der Waals surface area contributed by atoms with Crippen LogP contribution >= 0.6 is 11.3 Å². The van der Waals surface area contributed by atoms with E-state index in [2.05, 4.69) is 42.5 Å². The largest absolute Gasteiger partial charge is 0.457 e. The first-order valence-corrected chi connectivity index (χ1v) is 14.0. The number of nitrogens with zero attached hydrogens (tertiary/aromatic N) is 7. The van der Waals surface area contributed by atoms with Crippen LogP contribution in [0.2, 0.25) is 0 Å². The van der Waals surface area contributed by atoms with Gasteiger partial charge in [-0.05, 0) is 31.2 Å². The van der Waals surface area contributed by atoms with Crippen LogP contribution in [-0.4, -0.2) is 58.4 Å². The predicted molar refractivity (Wildman–Crippen MR) is 142 cm³/mol. The van der Waals surface area contributed by atoms with Crippen LogP contribution in [-0.2, 0) is 18.4 Å². The van der Waals surface area contributed by atoms with E-state index in [1.54, 1.807) is 0 Å². The molecule has 3 aromatic rings. The molecule has 14 heteroatoms. The number of hydrogen-bond donors (Lipinski definition) is 3. The SMILES string of the molecule is N#Cc1c(N2C[C@H]3CC[C@@H](C2)N3)nc(OCc2[nH]ncc2C(F)F)nc1N1CC2(CCc3sc(N)c(C#N)c32)C1. The number of aromatic nitrogens is 4. The predicted octanol–water partition coefficient (Wildman–Crippen LogP) is 2.75. The molecule has 3 saturated heterocycles. The van der Waals surface area contributed by atoms with Crippen LogP contribution in [0.25, 0.3) is 0 Å². The summed E-state index contributed by atoms with van der Waals surface area (Å²) in [6.45, 7) is 2.34. The van der Waals surface area contributed by atoms with E-state index in [0.717, 1.165) is 42.3 Å². The van der Waals surface area contributed by atoms with Gasteiger partial charge in [-0.3, -0.25) is 5.10 Å². The Morgan fingerprint density at radius 3 is 2.50 bits per heavy atom. The van der Waals surface area contributed by atoms with Crippen molar-refractivity contribution < 1.29 is 13.5 Å². The first-order chi connectivity index (χ1) is 19.4. The summed E-state index contributed by atoms with van der Waals surface area (Å²) in [5.41, 5.74) is 7.80. The van der Waals surface area contributed by atoms with Gasteiger partial charge >= 0.3 is 6.01 Å². The van der Waals surface area contributed by atoms with Gasteiger partial charge in [0.25, 0.3) is 6.43 Å². The summed E-state index contributed by atoms with van der Waals surface area (Å²) in [6, 6.07) is 5.25. The van der Waals surface area contributed by atoms with Gasteiger partial charge in [-0.25, -0.2) is 8.78 Å². The van der Waals surface area contributed by atoms with Gasteiger partial charge in [0.1, 0.15) is 29.3 Å². The minimum absolute atomic E-state index is 0.00949. The maximum absolute atomic E-state index is 13.4. The Hall–Kier alpha value is -4.01. The number of nitriles is 2. The van der Waals surface area contributed by atoms with E-state index in [9.17, 15) is 19.3 Å². The smallest absolute Gasteiger partial charge is 0.320 e. The maximum Gasteiger partial charge on any atom is 0.320 e. The van der Waals surface area contributed by atoms with Gasteiger partial charge in [0.2, 0.25) is 0 Å². The van der Waals surface area contributed by atoms with Crippen molar-refractivity contribution in [3.05, 3.63) is 39.0 Å². The second kappa shape index (κ2) is 9.28. The fourth-order valence-electron chi connectivity index (χ4n) is 6.75. The number of thiophene rings is 1. The number of aromatic amines is 1. The Morgan fingerprint density at radius 2 is 1.82 bits per heavy atom. The zero-order chi connectivity index (χ0) is 27.6. The van der Waals surface area contributed by atoms with Crippen molar-refractivity contribution in [1.82, 2.24) is 25.5 Å². The summed E-state index contributed by atoms with van der Waals surface area (Å²) < 4.78 is 32.6. The number of aryl methyl sites for hydroxylation is 1. The lowest BCUT2D eigenvalue weighted by molar-refractivity contribution is 0.147. The third-order valence-corrected chi connectivity index (χ3v) is 9.66. The molecule has 1 aliphatic carbocycles.